The lowest BCUT2D eigenvalue weighted by molar-refractivity contribution is -0.112. The minimum Gasteiger partial charge on any atom is -0.490 e. The average Bonchev–Trinajstić information content (AvgIpc) is 2.96. The first-order valence-electron chi connectivity index (χ1n) is 12.3. The van der Waals surface area contributed by atoms with Crippen LogP contribution in [0.4, 0.5) is 5.69 Å². The SMILES string of the molecule is CCOc1cc(/C=C(\C#N)C(=O)Nc2ccc(OCc3ccccc3)cc2)ccc1OCc1ccccc1. The molecule has 0 radical (unpaired) electrons. The van der Waals surface area contributed by atoms with E-state index < -0.39 is 5.91 Å². The number of benzene rings is 4. The van der Waals surface area contributed by atoms with Gasteiger partial charge >= 0.3 is 0 Å². The van der Waals surface area contributed by atoms with Crippen molar-refractivity contribution in [3.8, 4) is 23.3 Å². The Kier molecular flexibility index (Phi) is 9.14. The van der Waals surface area contributed by atoms with Crippen LogP contribution in [0.2, 0.25) is 0 Å². The molecule has 0 spiro atoms. The lowest BCUT2D eigenvalue weighted by Crippen LogP contribution is -2.13. The van der Waals surface area contributed by atoms with Gasteiger partial charge in [0.15, 0.2) is 11.5 Å². The molecule has 0 saturated carbocycles. The molecule has 1 amide bonds. The summed E-state index contributed by atoms with van der Waals surface area (Å²) in [5, 5.41) is 12.4. The molecule has 0 saturated heterocycles. The zero-order chi connectivity index (χ0) is 26.6. The second-order valence-corrected chi connectivity index (χ2v) is 8.34. The summed E-state index contributed by atoms with van der Waals surface area (Å²) in [6.45, 7) is 3.19. The third kappa shape index (κ3) is 7.49. The van der Waals surface area contributed by atoms with Crippen LogP contribution >= 0.6 is 0 Å². The summed E-state index contributed by atoms with van der Waals surface area (Å²) in [5.74, 6) is 1.31. The summed E-state index contributed by atoms with van der Waals surface area (Å²) in [7, 11) is 0. The molecule has 0 bridgehead atoms. The maximum Gasteiger partial charge on any atom is 0.266 e. The van der Waals surface area contributed by atoms with Gasteiger partial charge in [-0.3, -0.25) is 4.79 Å². The molecule has 4 aromatic rings. The van der Waals surface area contributed by atoms with Crippen LogP contribution in [0.15, 0.2) is 109 Å². The molecule has 0 aliphatic rings. The first-order chi connectivity index (χ1) is 18.6. The summed E-state index contributed by atoms with van der Waals surface area (Å²) in [6, 6.07) is 34.0. The van der Waals surface area contributed by atoms with E-state index in [1.54, 1.807) is 42.5 Å². The number of rotatable bonds is 11. The Bertz CT molecular complexity index is 1410. The molecular formula is C32H28N2O4. The minimum absolute atomic E-state index is 0.0326. The van der Waals surface area contributed by atoms with Gasteiger partial charge in [-0.05, 0) is 66.1 Å². The van der Waals surface area contributed by atoms with Crippen molar-refractivity contribution in [2.45, 2.75) is 20.1 Å². The molecule has 6 nitrogen and oxygen atoms in total. The van der Waals surface area contributed by atoms with E-state index in [0.717, 1.165) is 11.1 Å². The number of hydrogen-bond donors (Lipinski definition) is 1. The number of nitriles is 1. The Hall–Kier alpha value is -5.02. The van der Waals surface area contributed by atoms with Gasteiger partial charge < -0.3 is 19.5 Å². The van der Waals surface area contributed by atoms with Crippen LogP contribution in [0.3, 0.4) is 0 Å². The highest BCUT2D eigenvalue weighted by Crippen LogP contribution is 2.30. The van der Waals surface area contributed by atoms with E-state index in [-0.39, 0.29) is 5.57 Å². The normalized spacial score (nSPS) is 10.8. The molecule has 0 heterocycles. The Morgan fingerprint density at radius 2 is 1.42 bits per heavy atom. The molecule has 6 heteroatoms. The Labute approximate surface area is 222 Å². The van der Waals surface area contributed by atoms with E-state index in [1.807, 2.05) is 73.7 Å². The molecule has 0 aliphatic carbocycles. The van der Waals surface area contributed by atoms with Crippen molar-refractivity contribution < 1.29 is 19.0 Å². The van der Waals surface area contributed by atoms with Gasteiger partial charge in [0.2, 0.25) is 0 Å². The monoisotopic (exact) mass is 504 g/mol. The van der Waals surface area contributed by atoms with Crippen molar-refractivity contribution in [3.63, 3.8) is 0 Å². The number of amides is 1. The third-order valence-electron chi connectivity index (χ3n) is 5.54. The quantitative estimate of drug-likeness (QED) is 0.180. The first kappa shape index (κ1) is 26.1. The number of nitrogens with one attached hydrogen (secondary N) is 1. The highest BCUT2D eigenvalue weighted by atomic mass is 16.5. The van der Waals surface area contributed by atoms with E-state index in [1.165, 1.54) is 6.08 Å². The van der Waals surface area contributed by atoms with Crippen LogP contribution in [0.5, 0.6) is 17.2 Å². The maximum absolute atomic E-state index is 12.8. The zero-order valence-corrected chi connectivity index (χ0v) is 21.1. The van der Waals surface area contributed by atoms with Crippen molar-refractivity contribution in [3.05, 3.63) is 125 Å². The van der Waals surface area contributed by atoms with Crippen molar-refractivity contribution in [1.82, 2.24) is 0 Å². The van der Waals surface area contributed by atoms with Crippen molar-refractivity contribution in [1.29, 1.82) is 5.26 Å². The molecule has 4 rings (SSSR count). The van der Waals surface area contributed by atoms with Gasteiger partial charge in [-0.15, -0.1) is 0 Å². The van der Waals surface area contributed by atoms with Gasteiger partial charge in [0.05, 0.1) is 6.61 Å². The number of carbonyl (C=O) groups is 1. The zero-order valence-electron chi connectivity index (χ0n) is 21.1. The fourth-order valence-electron chi connectivity index (χ4n) is 3.63. The smallest absolute Gasteiger partial charge is 0.266 e. The van der Waals surface area contributed by atoms with Crippen LogP contribution < -0.4 is 19.5 Å². The van der Waals surface area contributed by atoms with E-state index in [4.69, 9.17) is 14.2 Å². The van der Waals surface area contributed by atoms with Gasteiger partial charge in [0.1, 0.15) is 30.6 Å². The van der Waals surface area contributed by atoms with E-state index >= 15 is 0 Å². The molecule has 0 atom stereocenters. The lowest BCUT2D eigenvalue weighted by atomic mass is 10.1. The van der Waals surface area contributed by atoms with Crippen molar-refractivity contribution >= 4 is 17.7 Å². The predicted octanol–water partition coefficient (Wildman–Crippen LogP) is 6.79. The van der Waals surface area contributed by atoms with Crippen molar-refractivity contribution in [2.75, 3.05) is 11.9 Å². The molecular weight excluding hydrogens is 476 g/mol. The first-order valence-corrected chi connectivity index (χ1v) is 12.3. The summed E-state index contributed by atoms with van der Waals surface area (Å²) in [4.78, 5) is 12.8. The number of ether oxygens (including phenoxy) is 3. The van der Waals surface area contributed by atoms with Crippen LogP contribution in [0.1, 0.15) is 23.6 Å². The molecule has 0 aliphatic heterocycles. The van der Waals surface area contributed by atoms with Crippen LogP contribution in [-0.2, 0) is 18.0 Å². The Morgan fingerprint density at radius 3 is 2.03 bits per heavy atom. The molecule has 190 valence electrons. The highest BCUT2D eigenvalue weighted by molar-refractivity contribution is 6.09. The van der Waals surface area contributed by atoms with Gasteiger partial charge in [-0.25, -0.2) is 0 Å². The van der Waals surface area contributed by atoms with E-state index in [9.17, 15) is 10.1 Å². The van der Waals surface area contributed by atoms with E-state index in [0.29, 0.717) is 48.3 Å². The topological polar surface area (TPSA) is 80.6 Å². The molecule has 0 fully saturated rings. The molecule has 1 N–H and O–H groups in total. The largest absolute Gasteiger partial charge is 0.490 e. The average molecular weight is 505 g/mol. The molecule has 4 aromatic carbocycles. The number of hydrogen-bond acceptors (Lipinski definition) is 5. The minimum atomic E-state index is -0.507. The fraction of sp³-hybridized carbons (Fsp3) is 0.125. The number of carbonyl (C=O) groups excluding carboxylic acids is 1. The van der Waals surface area contributed by atoms with Crippen LogP contribution in [0.25, 0.3) is 6.08 Å². The number of nitrogens with zero attached hydrogens (tertiary/aromatic N) is 1. The second-order valence-electron chi connectivity index (χ2n) is 8.34. The predicted molar refractivity (Wildman–Crippen MR) is 148 cm³/mol. The summed E-state index contributed by atoms with van der Waals surface area (Å²) < 4.78 is 17.5. The van der Waals surface area contributed by atoms with Crippen molar-refractivity contribution in [2.24, 2.45) is 0 Å². The summed E-state index contributed by atoms with van der Waals surface area (Å²) >= 11 is 0. The van der Waals surface area contributed by atoms with E-state index in [2.05, 4.69) is 5.32 Å². The maximum atomic E-state index is 12.8. The summed E-state index contributed by atoms with van der Waals surface area (Å²) in [6.07, 6.45) is 1.52. The molecule has 0 aromatic heterocycles. The lowest BCUT2D eigenvalue weighted by Gasteiger charge is -2.13. The van der Waals surface area contributed by atoms with Gasteiger partial charge in [0.25, 0.3) is 5.91 Å². The Balaban J connectivity index is 1.40. The fourth-order valence-corrected chi connectivity index (χ4v) is 3.63. The standard InChI is InChI=1S/C32H28N2O4/c1-2-36-31-20-26(13-18-30(31)38-23-25-11-7-4-8-12-25)19-27(21-33)32(35)34-28-14-16-29(17-15-28)37-22-24-9-5-3-6-10-24/h3-20H,2,22-23H2,1H3,(H,34,35)/b27-19+. The summed E-state index contributed by atoms with van der Waals surface area (Å²) in [5.41, 5.74) is 3.28. The Morgan fingerprint density at radius 1 is 0.789 bits per heavy atom. The second kappa shape index (κ2) is 13.3. The van der Waals surface area contributed by atoms with Crippen LogP contribution in [-0.4, -0.2) is 12.5 Å². The molecule has 0 unspecified atom stereocenters. The third-order valence-corrected chi connectivity index (χ3v) is 5.54. The highest BCUT2D eigenvalue weighted by Gasteiger charge is 2.12. The van der Waals surface area contributed by atoms with Crippen LogP contribution in [0, 0.1) is 11.3 Å². The van der Waals surface area contributed by atoms with Gasteiger partial charge in [-0.2, -0.15) is 5.26 Å². The number of anilines is 1. The van der Waals surface area contributed by atoms with Gasteiger partial charge in [0, 0.05) is 5.69 Å². The van der Waals surface area contributed by atoms with Gasteiger partial charge in [-0.1, -0.05) is 66.7 Å². The molecule has 38 heavy (non-hydrogen) atoms.